The molecule has 5 amide bonds. The molecule has 7 rings (SSSR count). The Morgan fingerprint density at radius 3 is 2.17 bits per heavy atom. The molecule has 0 spiro atoms. The van der Waals surface area contributed by atoms with Crippen molar-refractivity contribution in [1.82, 2.24) is 20.0 Å². The average molecular weight is 637 g/mol. The van der Waals surface area contributed by atoms with E-state index in [2.05, 4.69) is 22.3 Å². The summed E-state index contributed by atoms with van der Waals surface area (Å²) in [4.78, 5) is 69.2. The molecule has 0 aromatic heterocycles. The molecule has 0 radical (unpaired) electrons. The van der Waals surface area contributed by atoms with E-state index in [0.717, 1.165) is 61.3 Å². The molecule has 4 aliphatic rings. The highest BCUT2D eigenvalue weighted by molar-refractivity contribution is 6.25. The van der Waals surface area contributed by atoms with E-state index in [1.807, 2.05) is 18.2 Å². The molecule has 1 unspecified atom stereocenters. The number of carbonyl (C=O) groups excluding carboxylic acids is 5. The molecule has 10 heteroatoms. The number of fused-ring (bicyclic) bond motifs is 1. The molecule has 242 valence electrons. The Morgan fingerprint density at radius 2 is 1.45 bits per heavy atom. The molecule has 0 bridgehead atoms. The minimum Gasteiger partial charge on any atom is -0.339 e. The number of rotatable bonds is 6. The zero-order valence-corrected chi connectivity index (χ0v) is 26.1. The fraction of sp³-hybridized carbons (Fsp3) is 0.378. The maximum Gasteiger partial charge on any atom is 0.262 e. The molecule has 3 aromatic carbocycles. The SMILES string of the molecule is O=C1CCC(N2C(=O)c3cccc(-c4cccc(CN5CCC(C6CCN(C(=O)c7ccccc7F)CC6)CC5)c4)c3C2=O)C(=O)N1. The highest BCUT2D eigenvalue weighted by Crippen LogP contribution is 2.36. The largest absolute Gasteiger partial charge is 0.339 e. The van der Waals surface area contributed by atoms with Crippen molar-refractivity contribution in [1.29, 1.82) is 0 Å². The van der Waals surface area contributed by atoms with E-state index in [9.17, 15) is 28.4 Å². The van der Waals surface area contributed by atoms with Gasteiger partial charge in [0.15, 0.2) is 0 Å². The number of benzene rings is 3. The number of amides is 5. The molecule has 3 saturated heterocycles. The fourth-order valence-electron chi connectivity index (χ4n) is 7.81. The molecular weight excluding hydrogens is 599 g/mol. The van der Waals surface area contributed by atoms with Crippen molar-refractivity contribution >= 4 is 29.5 Å². The van der Waals surface area contributed by atoms with E-state index in [4.69, 9.17) is 0 Å². The summed E-state index contributed by atoms with van der Waals surface area (Å²) in [5, 5.41) is 2.25. The first kappa shape index (κ1) is 30.9. The summed E-state index contributed by atoms with van der Waals surface area (Å²) < 4.78 is 14.1. The van der Waals surface area contributed by atoms with E-state index in [-0.39, 0.29) is 29.9 Å². The number of hydrogen-bond acceptors (Lipinski definition) is 6. The summed E-state index contributed by atoms with van der Waals surface area (Å²) in [7, 11) is 0. The number of hydrogen-bond donors (Lipinski definition) is 1. The van der Waals surface area contributed by atoms with Gasteiger partial charge in [0.1, 0.15) is 11.9 Å². The Labute approximate surface area is 272 Å². The van der Waals surface area contributed by atoms with Crippen molar-refractivity contribution in [3.05, 3.63) is 94.8 Å². The second-order valence-electron chi connectivity index (χ2n) is 13.1. The lowest BCUT2D eigenvalue weighted by molar-refractivity contribution is -0.136. The second-order valence-corrected chi connectivity index (χ2v) is 13.1. The molecular formula is C37H37FN4O5. The van der Waals surface area contributed by atoms with Gasteiger partial charge in [-0.2, -0.15) is 0 Å². The molecule has 3 aromatic rings. The number of piperidine rings is 3. The monoisotopic (exact) mass is 636 g/mol. The normalized spacial score (nSPS) is 21.3. The fourth-order valence-corrected chi connectivity index (χ4v) is 7.81. The van der Waals surface area contributed by atoms with E-state index in [0.29, 0.717) is 36.1 Å². The van der Waals surface area contributed by atoms with Gasteiger partial charge in [-0.05, 0) is 98.0 Å². The third-order valence-electron chi connectivity index (χ3n) is 10.3. The zero-order chi connectivity index (χ0) is 32.7. The van der Waals surface area contributed by atoms with Gasteiger partial charge in [-0.1, -0.05) is 42.5 Å². The van der Waals surface area contributed by atoms with Gasteiger partial charge in [-0.3, -0.25) is 39.1 Å². The smallest absolute Gasteiger partial charge is 0.262 e. The van der Waals surface area contributed by atoms with Gasteiger partial charge in [0.25, 0.3) is 17.7 Å². The van der Waals surface area contributed by atoms with Gasteiger partial charge in [-0.25, -0.2) is 4.39 Å². The summed E-state index contributed by atoms with van der Waals surface area (Å²) in [6.07, 6.45) is 4.25. The van der Waals surface area contributed by atoms with Crippen LogP contribution in [0.1, 0.15) is 75.2 Å². The van der Waals surface area contributed by atoms with Crippen LogP contribution in [0.3, 0.4) is 0 Å². The molecule has 9 nitrogen and oxygen atoms in total. The minimum absolute atomic E-state index is 0.0767. The van der Waals surface area contributed by atoms with Gasteiger partial charge in [0.05, 0.1) is 16.7 Å². The number of nitrogens with zero attached hydrogens (tertiary/aromatic N) is 3. The van der Waals surface area contributed by atoms with Crippen LogP contribution in [-0.4, -0.2) is 76.5 Å². The lowest BCUT2D eigenvalue weighted by Gasteiger charge is -2.40. The van der Waals surface area contributed by atoms with Crippen LogP contribution in [0, 0.1) is 17.7 Å². The van der Waals surface area contributed by atoms with Gasteiger partial charge < -0.3 is 4.90 Å². The molecule has 1 atom stereocenters. The number of imide groups is 2. The first-order valence-electron chi connectivity index (χ1n) is 16.5. The third-order valence-corrected chi connectivity index (χ3v) is 10.3. The molecule has 1 N–H and O–H groups in total. The quantitative estimate of drug-likeness (QED) is 0.395. The summed E-state index contributed by atoms with van der Waals surface area (Å²) >= 11 is 0. The Balaban J connectivity index is 0.969. The Kier molecular flexibility index (Phi) is 8.44. The van der Waals surface area contributed by atoms with Gasteiger partial charge in [-0.15, -0.1) is 0 Å². The van der Waals surface area contributed by atoms with Gasteiger partial charge in [0.2, 0.25) is 11.8 Å². The molecule has 3 fully saturated rings. The van der Waals surface area contributed by atoms with Crippen molar-refractivity contribution in [2.45, 2.75) is 51.1 Å². The van der Waals surface area contributed by atoms with Crippen molar-refractivity contribution < 1.29 is 28.4 Å². The molecule has 0 saturated carbocycles. The Morgan fingerprint density at radius 1 is 0.766 bits per heavy atom. The number of nitrogens with one attached hydrogen (secondary N) is 1. The van der Waals surface area contributed by atoms with Crippen LogP contribution in [0.25, 0.3) is 11.1 Å². The van der Waals surface area contributed by atoms with E-state index in [1.54, 1.807) is 35.2 Å². The number of likely N-dealkylation sites (tertiary alicyclic amines) is 2. The minimum atomic E-state index is -1.00. The number of halogens is 1. The van der Waals surface area contributed by atoms with E-state index < -0.39 is 35.5 Å². The zero-order valence-electron chi connectivity index (χ0n) is 26.1. The van der Waals surface area contributed by atoms with Crippen molar-refractivity contribution in [2.24, 2.45) is 11.8 Å². The second kappa shape index (κ2) is 12.8. The first-order valence-corrected chi connectivity index (χ1v) is 16.5. The van der Waals surface area contributed by atoms with Crippen molar-refractivity contribution in [2.75, 3.05) is 26.2 Å². The highest BCUT2D eigenvalue weighted by atomic mass is 19.1. The van der Waals surface area contributed by atoms with Crippen molar-refractivity contribution in [3.8, 4) is 11.1 Å². The summed E-state index contributed by atoms with van der Waals surface area (Å²) in [6, 6.07) is 18.4. The predicted molar refractivity (Wildman–Crippen MR) is 172 cm³/mol. The molecule has 4 heterocycles. The van der Waals surface area contributed by atoms with Crippen LogP contribution in [0.5, 0.6) is 0 Å². The topological polar surface area (TPSA) is 107 Å². The molecule has 4 aliphatic heterocycles. The van der Waals surface area contributed by atoms with Crippen LogP contribution in [-0.2, 0) is 16.1 Å². The predicted octanol–water partition coefficient (Wildman–Crippen LogP) is 4.66. The third kappa shape index (κ3) is 5.98. The summed E-state index contributed by atoms with van der Waals surface area (Å²) in [5.41, 5.74) is 3.30. The Bertz CT molecular complexity index is 1760. The Hall–Kier alpha value is -4.70. The lowest BCUT2D eigenvalue weighted by Crippen LogP contribution is -2.54. The van der Waals surface area contributed by atoms with Gasteiger partial charge >= 0.3 is 0 Å². The molecule has 47 heavy (non-hydrogen) atoms. The summed E-state index contributed by atoms with van der Waals surface area (Å²) in [5.74, 6) is -1.57. The van der Waals surface area contributed by atoms with Gasteiger partial charge in [0, 0.05) is 26.1 Å². The van der Waals surface area contributed by atoms with Crippen LogP contribution < -0.4 is 5.32 Å². The maximum atomic E-state index is 14.1. The first-order chi connectivity index (χ1) is 22.8. The summed E-state index contributed by atoms with van der Waals surface area (Å²) in [6.45, 7) is 4.02. The van der Waals surface area contributed by atoms with Crippen LogP contribution in [0.4, 0.5) is 4.39 Å². The van der Waals surface area contributed by atoms with Crippen LogP contribution >= 0.6 is 0 Å². The van der Waals surface area contributed by atoms with Crippen LogP contribution in [0.2, 0.25) is 0 Å². The standard InChI is InChI=1S/C37H37FN4O5/c38-30-10-2-1-7-28(30)35(45)41-19-15-25(16-20-41)24-13-17-40(18-14-24)22-23-5-3-6-26(21-23)27-8-4-9-29-33(27)37(47)42(36(29)46)31-11-12-32(43)39-34(31)44/h1-10,21,24-25,31H,11-20,22H2,(H,39,43,44). The number of carbonyl (C=O) groups is 5. The van der Waals surface area contributed by atoms with Crippen molar-refractivity contribution in [3.63, 3.8) is 0 Å². The maximum absolute atomic E-state index is 14.1. The molecule has 0 aliphatic carbocycles. The van der Waals surface area contributed by atoms with E-state index in [1.165, 1.54) is 6.07 Å². The lowest BCUT2D eigenvalue weighted by atomic mass is 9.78. The van der Waals surface area contributed by atoms with E-state index >= 15 is 0 Å². The average Bonchev–Trinajstić information content (AvgIpc) is 3.34. The van der Waals surface area contributed by atoms with Crippen LogP contribution in [0.15, 0.2) is 66.7 Å². The highest BCUT2D eigenvalue weighted by Gasteiger charge is 2.45.